The molecule has 0 heterocycles. The summed E-state index contributed by atoms with van der Waals surface area (Å²) in [6.45, 7) is 5.75. The van der Waals surface area contributed by atoms with Crippen LogP contribution in [0.4, 0.5) is 4.39 Å². The smallest absolute Gasteiger partial charge is 0.233 e. The van der Waals surface area contributed by atoms with Crippen molar-refractivity contribution in [3.63, 3.8) is 0 Å². The van der Waals surface area contributed by atoms with Crippen LogP contribution in [-0.4, -0.2) is 20.8 Å². The van der Waals surface area contributed by atoms with Crippen LogP contribution in [0.5, 0.6) is 5.75 Å². The maximum atomic E-state index is 13.6. The molecule has 114 valence electrons. The molecule has 0 aromatic heterocycles. The van der Waals surface area contributed by atoms with Crippen molar-refractivity contribution in [1.29, 1.82) is 0 Å². The molecule has 0 spiro atoms. The topological polar surface area (TPSA) is 43.4 Å². The van der Waals surface area contributed by atoms with E-state index in [0.29, 0.717) is 4.47 Å². The van der Waals surface area contributed by atoms with Gasteiger partial charge in [0.15, 0.2) is 11.6 Å². The van der Waals surface area contributed by atoms with E-state index >= 15 is 0 Å². The third-order valence-electron chi connectivity index (χ3n) is 2.96. The minimum absolute atomic E-state index is 0.0774. The van der Waals surface area contributed by atoms with Gasteiger partial charge in [0, 0.05) is 21.1 Å². The normalized spacial score (nSPS) is 14.1. The van der Waals surface area contributed by atoms with Gasteiger partial charge in [0.05, 0.1) is 12.4 Å². The van der Waals surface area contributed by atoms with E-state index in [1.54, 1.807) is 6.07 Å². The van der Waals surface area contributed by atoms with Gasteiger partial charge in [-0.3, -0.25) is 0 Å². The molecular formula is C13H17BrClFO3S. The largest absolute Gasteiger partial charge is 0.490 e. The Morgan fingerprint density at radius 1 is 1.40 bits per heavy atom. The highest BCUT2D eigenvalue weighted by Gasteiger charge is 2.29. The molecule has 20 heavy (non-hydrogen) atoms. The molecule has 0 radical (unpaired) electrons. The second-order valence-corrected chi connectivity index (χ2v) is 9.39. The molecular weight excluding hydrogens is 371 g/mol. The Balaban J connectivity index is 2.81. The Kier molecular flexibility index (Phi) is 5.87. The highest BCUT2D eigenvalue weighted by atomic mass is 79.9. The van der Waals surface area contributed by atoms with Crippen LogP contribution in [0.1, 0.15) is 20.8 Å². The number of benzene rings is 1. The van der Waals surface area contributed by atoms with Crippen molar-refractivity contribution in [3.05, 3.63) is 28.5 Å². The lowest BCUT2D eigenvalue weighted by molar-refractivity contribution is 0.159. The minimum Gasteiger partial charge on any atom is -0.490 e. The molecule has 0 N–H and O–H groups in total. The summed E-state index contributed by atoms with van der Waals surface area (Å²) in [6.07, 6.45) is 0. The Morgan fingerprint density at radius 3 is 2.45 bits per heavy atom. The fourth-order valence-corrected chi connectivity index (χ4v) is 3.44. The van der Waals surface area contributed by atoms with Crippen molar-refractivity contribution >= 4 is 35.7 Å². The number of rotatable bonds is 5. The van der Waals surface area contributed by atoms with E-state index in [9.17, 15) is 12.8 Å². The quantitative estimate of drug-likeness (QED) is 0.711. The standard InChI is InChI=1S/C13H17BrClFO3S/c1-13(2,3)9(8-20(15,17)18)7-19-12-5-4-10(14)6-11(12)16/h4-6,9H,7-8H2,1-3H3. The van der Waals surface area contributed by atoms with E-state index < -0.39 is 14.9 Å². The first kappa shape index (κ1) is 17.7. The summed E-state index contributed by atoms with van der Waals surface area (Å²) in [6, 6.07) is 4.44. The fraction of sp³-hybridized carbons (Fsp3) is 0.538. The molecule has 3 nitrogen and oxygen atoms in total. The average molecular weight is 388 g/mol. The van der Waals surface area contributed by atoms with Crippen LogP contribution in [0.2, 0.25) is 0 Å². The van der Waals surface area contributed by atoms with Gasteiger partial charge in [-0.15, -0.1) is 0 Å². The molecule has 1 unspecified atom stereocenters. The van der Waals surface area contributed by atoms with Crippen molar-refractivity contribution in [2.45, 2.75) is 20.8 Å². The second kappa shape index (κ2) is 6.62. The van der Waals surface area contributed by atoms with Gasteiger partial charge in [-0.2, -0.15) is 0 Å². The maximum Gasteiger partial charge on any atom is 0.233 e. The van der Waals surface area contributed by atoms with E-state index in [1.165, 1.54) is 12.1 Å². The molecule has 0 fully saturated rings. The van der Waals surface area contributed by atoms with E-state index in [1.807, 2.05) is 20.8 Å². The van der Waals surface area contributed by atoms with Crippen LogP contribution < -0.4 is 4.74 Å². The third kappa shape index (κ3) is 5.97. The van der Waals surface area contributed by atoms with Gasteiger partial charge in [0.25, 0.3) is 0 Å². The summed E-state index contributed by atoms with van der Waals surface area (Å²) < 4.78 is 42.1. The van der Waals surface area contributed by atoms with Crippen molar-refractivity contribution in [1.82, 2.24) is 0 Å². The zero-order chi connectivity index (χ0) is 15.6. The second-order valence-electron chi connectivity index (χ2n) is 5.65. The SMILES string of the molecule is CC(C)(C)C(COc1ccc(Br)cc1F)CS(=O)(=O)Cl. The van der Waals surface area contributed by atoms with Gasteiger partial charge in [-0.25, -0.2) is 12.8 Å². The van der Waals surface area contributed by atoms with Gasteiger partial charge in [0.1, 0.15) is 0 Å². The Labute approximate surface area is 132 Å². The van der Waals surface area contributed by atoms with Crippen molar-refractivity contribution in [2.75, 3.05) is 12.4 Å². The summed E-state index contributed by atoms with van der Waals surface area (Å²) >= 11 is 3.16. The monoisotopic (exact) mass is 386 g/mol. The molecule has 0 amide bonds. The van der Waals surface area contributed by atoms with Crippen LogP contribution in [0, 0.1) is 17.2 Å². The first-order chi connectivity index (χ1) is 8.99. The molecule has 0 saturated heterocycles. The van der Waals surface area contributed by atoms with E-state index in [2.05, 4.69) is 15.9 Å². The summed E-state index contributed by atoms with van der Waals surface area (Å²) in [4.78, 5) is 0. The zero-order valence-corrected chi connectivity index (χ0v) is 14.6. The molecule has 0 aliphatic heterocycles. The average Bonchev–Trinajstić information content (AvgIpc) is 2.23. The minimum atomic E-state index is -3.64. The Hall–Kier alpha value is -0.330. The number of ether oxygens (including phenoxy) is 1. The van der Waals surface area contributed by atoms with Gasteiger partial charge < -0.3 is 4.74 Å². The third-order valence-corrected chi connectivity index (χ3v) is 4.63. The Bertz CT molecular complexity index is 569. The molecule has 1 aromatic carbocycles. The number of halogens is 3. The van der Waals surface area contributed by atoms with Crippen LogP contribution in [0.15, 0.2) is 22.7 Å². The van der Waals surface area contributed by atoms with Crippen molar-refractivity contribution in [3.8, 4) is 5.75 Å². The highest BCUT2D eigenvalue weighted by Crippen LogP contribution is 2.30. The molecule has 1 aromatic rings. The van der Waals surface area contributed by atoms with E-state index in [-0.39, 0.29) is 29.4 Å². The van der Waals surface area contributed by atoms with Gasteiger partial charge in [-0.05, 0) is 23.6 Å². The first-order valence-electron chi connectivity index (χ1n) is 5.99. The summed E-state index contributed by atoms with van der Waals surface area (Å²) in [5.74, 6) is -0.959. The van der Waals surface area contributed by atoms with Gasteiger partial charge in [0.2, 0.25) is 9.05 Å². The fourth-order valence-electron chi connectivity index (χ4n) is 1.57. The van der Waals surface area contributed by atoms with E-state index in [4.69, 9.17) is 15.4 Å². The first-order valence-corrected chi connectivity index (χ1v) is 9.26. The van der Waals surface area contributed by atoms with Crippen LogP contribution in [-0.2, 0) is 9.05 Å². The van der Waals surface area contributed by atoms with Crippen molar-refractivity contribution < 1.29 is 17.5 Å². The molecule has 1 rings (SSSR count). The van der Waals surface area contributed by atoms with Gasteiger partial charge >= 0.3 is 0 Å². The predicted molar refractivity (Wildman–Crippen MR) is 82.2 cm³/mol. The van der Waals surface area contributed by atoms with E-state index in [0.717, 1.165) is 0 Å². The molecule has 0 bridgehead atoms. The zero-order valence-electron chi connectivity index (χ0n) is 11.5. The lowest BCUT2D eigenvalue weighted by atomic mass is 9.82. The molecule has 0 saturated carbocycles. The lowest BCUT2D eigenvalue weighted by Gasteiger charge is -2.29. The Morgan fingerprint density at radius 2 is 2.00 bits per heavy atom. The van der Waals surface area contributed by atoms with Crippen LogP contribution in [0.25, 0.3) is 0 Å². The maximum absolute atomic E-state index is 13.6. The van der Waals surface area contributed by atoms with Crippen molar-refractivity contribution in [2.24, 2.45) is 11.3 Å². The summed E-state index contributed by atoms with van der Waals surface area (Å²) in [5, 5.41) is 0. The molecule has 0 aliphatic rings. The molecule has 0 aliphatic carbocycles. The number of hydrogen-bond acceptors (Lipinski definition) is 3. The summed E-state index contributed by atoms with van der Waals surface area (Å²) in [5.41, 5.74) is -0.326. The molecule has 1 atom stereocenters. The highest BCUT2D eigenvalue weighted by molar-refractivity contribution is 9.10. The number of hydrogen-bond donors (Lipinski definition) is 0. The van der Waals surface area contributed by atoms with Crippen LogP contribution in [0.3, 0.4) is 0 Å². The van der Waals surface area contributed by atoms with Gasteiger partial charge in [-0.1, -0.05) is 36.7 Å². The summed E-state index contributed by atoms with van der Waals surface area (Å²) in [7, 11) is 1.67. The predicted octanol–water partition coefficient (Wildman–Crippen LogP) is 4.20. The van der Waals surface area contributed by atoms with Crippen LogP contribution >= 0.6 is 26.6 Å². The molecule has 7 heteroatoms. The lowest BCUT2D eigenvalue weighted by Crippen LogP contribution is -2.32.